The van der Waals surface area contributed by atoms with Crippen LogP contribution in [0.5, 0.6) is 0 Å². The van der Waals surface area contributed by atoms with Gasteiger partial charge in [0.2, 0.25) is 5.91 Å². The van der Waals surface area contributed by atoms with Gasteiger partial charge in [0.1, 0.15) is 0 Å². The van der Waals surface area contributed by atoms with Gasteiger partial charge in [-0.3, -0.25) is 4.79 Å². The molecule has 2 heterocycles. The second-order valence-corrected chi connectivity index (χ2v) is 11.7. The predicted octanol–water partition coefficient (Wildman–Crippen LogP) is 5.24. The largest absolute Gasteiger partial charge is 0.392 e. The fraction of sp³-hybridized carbons (Fsp3) is 0.424. The first-order chi connectivity index (χ1) is 19.7. The third-order valence-electron chi connectivity index (χ3n) is 8.42. The van der Waals surface area contributed by atoms with Crippen molar-refractivity contribution in [2.45, 2.75) is 63.9 Å². The quantitative estimate of drug-likeness (QED) is 0.338. The Kier molecular flexibility index (Phi) is 9.44. The maximum absolute atomic E-state index is 11.4. The minimum atomic E-state index is -0.859. The molecule has 4 atom stereocenters. The van der Waals surface area contributed by atoms with E-state index in [4.69, 9.17) is 21.1 Å². The van der Waals surface area contributed by atoms with Gasteiger partial charge in [0.15, 0.2) is 6.29 Å². The topological polar surface area (TPSA) is 91.3 Å². The molecule has 0 spiro atoms. The Morgan fingerprint density at radius 2 is 1.56 bits per heavy atom. The van der Waals surface area contributed by atoms with E-state index in [0.717, 1.165) is 47.5 Å². The van der Waals surface area contributed by atoms with Gasteiger partial charge < -0.3 is 29.9 Å². The number of rotatable bonds is 8. The third-order valence-corrected chi connectivity index (χ3v) is 8.67. The summed E-state index contributed by atoms with van der Waals surface area (Å²) in [7, 11) is 0. The lowest BCUT2D eigenvalue weighted by molar-refractivity contribution is -0.277. The number of nitrogens with one attached hydrogen (secondary N) is 1. The van der Waals surface area contributed by atoms with Gasteiger partial charge in [0, 0.05) is 49.6 Å². The molecule has 2 aliphatic heterocycles. The Labute approximate surface area is 247 Å². The number of carbonyl (C=O) groups is 1. The highest BCUT2D eigenvalue weighted by atomic mass is 35.5. The van der Waals surface area contributed by atoms with Crippen LogP contribution >= 0.6 is 11.6 Å². The first kappa shape index (κ1) is 29.7. The average molecular weight is 579 g/mol. The number of aliphatic hydroxyl groups excluding tert-OH is 1. The van der Waals surface area contributed by atoms with Crippen LogP contribution in [0.2, 0.25) is 5.02 Å². The second-order valence-electron chi connectivity index (χ2n) is 11.3. The number of aliphatic hydroxyl groups is 2. The normalized spacial score (nSPS) is 24.6. The molecule has 0 aromatic heterocycles. The summed E-state index contributed by atoms with van der Waals surface area (Å²) in [5.41, 5.74) is 3.87. The number of halogens is 1. The summed E-state index contributed by atoms with van der Waals surface area (Å²) in [6, 6.07) is 23.4. The molecule has 2 saturated heterocycles. The van der Waals surface area contributed by atoms with Crippen molar-refractivity contribution in [1.29, 1.82) is 0 Å². The smallest absolute Gasteiger partial charge is 0.217 e. The Morgan fingerprint density at radius 3 is 2.17 bits per heavy atom. The molecule has 0 bridgehead atoms. The molecule has 0 radical (unpaired) electrons. The van der Waals surface area contributed by atoms with Crippen LogP contribution in [-0.2, 0) is 33.0 Å². The van der Waals surface area contributed by atoms with E-state index in [0.29, 0.717) is 24.4 Å². The maximum atomic E-state index is 11.4. The predicted molar refractivity (Wildman–Crippen MR) is 158 cm³/mol. The molecule has 3 N–H and O–H groups in total. The number of piperidine rings is 1. The fourth-order valence-electron chi connectivity index (χ4n) is 5.76. The van der Waals surface area contributed by atoms with Crippen LogP contribution in [0, 0.1) is 5.92 Å². The van der Waals surface area contributed by atoms with E-state index in [2.05, 4.69) is 17.1 Å². The van der Waals surface area contributed by atoms with E-state index in [1.54, 1.807) is 0 Å². The summed E-state index contributed by atoms with van der Waals surface area (Å²) < 4.78 is 13.2. The first-order valence-corrected chi connectivity index (χ1v) is 14.7. The number of nitrogens with zero attached hydrogens (tertiary/aromatic N) is 1. The van der Waals surface area contributed by atoms with Crippen molar-refractivity contribution in [3.05, 3.63) is 106 Å². The van der Waals surface area contributed by atoms with Crippen molar-refractivity contribution in [3.8, 4) is 0 Å². The fourth-order valence-corrected chi connectivity index (χ4v) is 5.88. The van der Waals surface area contributed by atoms with E-state index in [1.807, 2.05) is 72.8 Å². The zero-order valence-corrected chi connectivity index (χ0v) is 24.4. The molecule has 3 aromatic rings. The number of likely N-dealkylation sites (tertiary alicyclic amines) is 1. The van der Waals surface area contributed by atoms with Crippen molar-refractivity contribution in [2.75, 3.05) is 19.6 Å². The van der Waals surface area contributed by atoms with Crippen molar-refractivity contribution in [1.82, 2.24) is 10.2 Å². The van der Waals surface area contributed by atoms with Crippen LogP contribution in [0.4, 0.5) is 0 Å². The number of hydrogen-bond donors (Lipinski definition) is 3. The van der Waals surface area contributed by atoms with Gasteiger partial charge in [0.25, 0.3) is 0 Å². The standard InChI is InChI=1S/C33H39ClN2O5/c1-22-30(20-36-17-15-33(39,16-18-36)28-11-13-29(34)14-12-28)40-32(27-9-3-24(4-10-27)19-35-23(2)38)41-31(22)26-7-5-25(21-37)6-8-26/h3-14,22,30-32,37,39H,15-21H2,1-2H3,(H,35,38)/t22-,30+,31+,32+/m1/s1. The monoisotopic (exact) mass is 578 g/mol. The molecular weight excluding hydrogens is 540 g/mol. The lowest BCUT2D eigenvalue weighted by Gasteiger charge is -2.45. The Bertz CT molecular complexity index is 1290. The second kappa shape index (κ2) is 13.0. The zero-order valence-electron chi connectivity index (χ0n) is 23.6. The maximum Gasteiger partial charge on any atom is 0.217 e. The zero-order chi connectivity index (χ0) is 29.0. The van der Waals surface area contributed by atoms with E-state index < -0.39 is 11.9 Å². The van der Waals surface area contributed by atoms with Gasteiger partial charge >= 0.3 is 0 Å². The summed E-state index contributed by atoms with van der Waals surface area (Å²) in [6.45, 7) is 6.37. The molecule has 41 heavy (non-hydrogen) atoms. The molecule has 3 aromatic carbocycles. The number of hydrogen-bond acceptors (Lipinski definition) is 6. The number of carbonyl (C=O) groups excluding carboxylic acids is 1. The lowest BCUT2D eigenvalue weighted by atomic mass is 9.84. The van der Waals surface area contributed by atoms with Crippen LogP contribution in [0.25, 0.3) is 0 Å². The number of ether oxygens (including phenoxy) is 2. The van der Waals surface area contributed by atoms with E-state index >= 15 is 0 Å². The molecule has 2 fully saturated rings. The first-order valence-electron chi connectivity index (χ1n) is 14.3. The molecule has 2 aliphatic rings. The molecule has 8 heteroatoms. The van der Waals surface area contributed by atoms with Gasteiger partial charge in [-0.2, -0.15) is 0 Å². The van der Waals surface area contributed by atoms with Crippen LogP contribution in [0.1, 0.15) is 66.9 Å². The highest BCUT2D eigenvalue weighted by Gasteiger charge is 2.41. The highest BCUT2D eigenvalue weighted by Crippen LogP contribution is 2.42. The minimum Gasteiger partial charge on any atom is -0.392 e. The van der Waals surface area contributed by atoms with Crippen LogP contribution in [0.15, 0.2) is 72.8 Å². The molecule has 0 saturated carbocycles. The van der Waals surface area contributed by atoms with Crippen LogP contribution in [-0.4, -0.2) is 46.8 Å². The van der Waals surface area contributed by atoms with Gasteiger partial charge in [-0.1, -0.05) is 79.2 Å². The molecule has 1 amide bonds. The minimum absolute atomic E-state index is 0.00210. The van der Waals surface area contributed by atoms with Crippen molar-refractivity contribution >= 4 is 17.5 Å². The van der Waals surface area contributed by atoms with Crippen molar-refractivity contribution < 1.29 is 24.5 Å². The average Bonchev–Trinajstić information content (AvgIpc) is 2.99. The Balaban J connectivity index is 1.31. The van der Waals surface area contributed by atoms with E-state index in [1.165, 1.54) is 6.92 Å². The highest BCUT2D eigenvalue weighted by molar-refractivity contribution is 6.30. The van der Waals surface area contributed by atoms with Crippen LogP contribution < -0.4 is 5.32 Å². The number of amides is 1. The van der Waals surface area contributed by atoms with Gasteiger partial charge in [-0.05, 0) is 47.2 Å². The SMILES string of the molecule is CC(=O)NCc1ccc([C@H]2O[C@@H](CN3CCC(O)(c4ccc(Cl)cc4)CC3)[C@@H](C)[C@@H](c3ccc(CO)cc3)O2)cc1. The molecular formula is C33H39ClN2O5. The third kappa shape index (κ3) is 7.17. The summed E-state index contributed by atoms with van der Waals surface area (Å²) in [5, 5.41) is 24.4. The molecule has 0 unspecified atom stereocenters. The molecule has 0 aliphatic carbocycles. The molecule has 218 valence electrons. The summed E-state index contributed by atoms with van der Waals surface area (Å²) >= 11 is 6.06. The number of benzene rings is 3. The van der Waals surface area contributed by atoms with Crippen molar-refractivity contribution in [2.24, 2.45) is 5.92 Å². The summed E-state index contributed by atoms with van der Waals surface area (Å²) in [5.74, 6) is 0.00608. The van der Waals surface area contributed by atoms with Crippen molar-refractivity contribution in [3.63, 3.8) is 0 Å². The molecule has 5 rings (SSSR count). The molecule has 7 nitrogen and oxygen atoms in total. The lowest BCUT2D eigenvalue weighted by Crippen LogP contribution is -2.49. The van der Waals surface area contributed by atoms with Gasteiger partial charge in [0.05, 0.1) is 24.4 Å². The Morgan fingerprint density at radius 1 is 0.951 bits per heavy atom. The van der Waals surface area contributed by atoms with Crippen LogP contribution in [0.3, 0.4) is 0 Å². The summed E-state index contributed by atoms with van der Waals surface area (Å²) in [4.78, 5) is 13.7. The van der Waals surface area contributed by atoms with Gasteiger partial charge in [-0.15, -0.1) is 0 Å². The Hall–Kier alpha value is -2.78. The van der Waals surface area contributed by atoms with E-state index in [-0.39, 0.29) is 30.6 Å². The van der Waals surface area contributed by atoms with E-state index in [9.17, 15) is 15.0 Å². The summed E-state index contributed by atoms with van der Waals surface area (Å²) in [6.07, 6.45) is 0.428. The van der Waals surface area contributed by atoms with Gasteiger partial charge in [-0.25, -0.2) is 0 Å².